The van der Waals surface area contributed by atoms with Crippen molar-refractivity contribution in [1.29, 1.82) is 0 Å². The number of unbranched alkanes of at least 4 members (excludes halogenated alkanes) is 11. The Morgan fingerprint density at radius 2 is 1.22 bits per heavy atom. The van der Waals surface area contributed by atoms with Gasteiger partial charge in [0.25, 0.3) is 0 Å². The molecule has 0 saturated carbocycles. The van der Waals surface area contributed by atoms with Crippen molar-refractivity contribution in [2.24, 2.45) is 0 Å². The zero-order valence-corrected chi connectivity index (χ0v) is 16.6. The van der Waals surface area contributed by atoms with Crippen LogP contribution in [0.1, 0.15) is 84.0 Å². The van der Waals surface area contributed by atoms with Gasteiger partial charge in [-0.15, -0.1) is 0 Å². The van der Waals surface area contributed by atoms with Crippen LogP contribution in [0.5, 0.6) is 0 Å². The number of esters is 1. The molecule has 1 saturated heterocycles. The predicted molar refractivity (Wildman–Crippen MR) is 101 cm³/mol. The van der Waals surface area contributed by atoms with Gasteiger partial charge >= 0.3 is 5.97 Å². The summed E-state index contributed by atoms with van der Waals surface area (Å²) in [5, 5.41) is 38.1. The summed E-state index contributed by atoms with van der Waals surface area (Å²) >= 11 is 0. The van der Waals surface area contributed by atoms with Gasteiger partial charge in [-0.3, -0.25) is 0 Å². The lowest BCUT2D eigenvalue weighted by Gasteiger charge is -2.36. The van der Waals surface area contributed by atoms with Crippen molar-refractivity contribution >= 4 is 5.97 Å². The van der Waals surface area contributed by atoms with Crippen molar-refractivity contribution < 1.29 is 34.7 Å². The first-order chi connectivity index (χ1) is 13.0. The number of carbonyl (C=O) groups excluding carboxylic acids is 1. The molecule has 1 aliphatic heterocycles. The van der Waals surface area contributed by atoms with E-state index in [1.165, 1.54) is 57.8 Å². The highest BCUT2D eigenvalue weighted by atomic mass is 16.7. The summed E-state index contributed by atoms with van der Waals surface area (Å²) < 4.78 is 9.88. The smallest absolute Gasteiger partial charge is 0.338 e. The van der Waals surface area contributed by atoms with Gasteiger partial charge in [0.2, 0.25) is 0 Å². The van der Waals surface area contributed by atoms with Gasteiger partial charge in [-0.05, 0) is 6.42 Å². The molecule has 1 aliphatic rings. The molecule has 160 valence electrons. The van der Waals surface area contributed by atoms with Crippen LogP contribution >= 0.6 is 0 Å². The van der Waals surface area contributed by atoms with Gasteiger partial charge in [0.05, 0.1) is 6.61 Å². The summed E-state index contributed by atoms with van der Waals surface area (Å²) in [6.07, 6.45) is 6.34. The third kappa shape index (κ3) is 9.34. The molecule has 27 heavy (non-hydrogen) atoms. The Balaban J connectivity index is 1.98. The van der Waals surface area contributed by atoms with Crippen molar-refractivity contribution in [2.75, 3.05) is 6.61 Å². The summed E-state index contributed by atoms with van der Waals surface area (Å²) in [6.45, 7) is 2.44. The minimum absolute atomic E-state index is 0.206. The molecule has 7 heteroatoms. The van der Waals surface area contributed by atoms with E-state index in [4.69, 9.17) is 9.47 Å². The number of hydrogen-bond donors (Lipinski definition) is 4. The Kier molecular flexibility index (Phi) is 12.9. The quantitative estimate of drug-likeness (QED) is 0.265. The average Bonchev–Trinajstić information content (AvgIpc) is 2.66. The maximum Gasteiger partial charge on any atom is 0.338 e. The van der Waals surface area contributed by atoms with Crippen molar-refractivity contribution in [3.8, 4) is 0 Å². The molecule has 0 aromatic rings. The highest BCUT2D eigenvalue weighted by Crippen LogP contribution is 2.21. The Morgan fingerprint density at radius 1 is 0.741 bits per heavy atom. The monoisotopic (exact) mass is 390 g/mol. The van der Waals surface area contributed by atoms with Crippen LogP contribution in [0.3, 0.4) is 0 Å². The van der Waals surface area contributed by atoms with E-state index >= 15 is 0 Å². The Hall–Kier alpha value is -0.730. The minimum Gasteiger partial charge on any atom is -0.464 e. The van der Waals surface area contributed by atoms with E-state index in [0.717, 1.165) is 19.3 Å². The van der Waals surface area contributed by atoms with E-state index < -0.39 is 36.7 Å². The summed E-state index contributed by atoms with van der Waals surface area (Å²) in [5.74, 6) is -0.837. The third-order valence-electron chi connectivity index (χ3n) is 5.06. The van der Waals surface area contributed by atoms with Crippen LogP contribution in [-0.4, -0.2) is 63.7 Å². The first-order valence-electron chi connectivity index (χ1n) is 10.5. The Bertz CT molecular complexity index is 391. The first-order valence-corrected chi connectivity index (χ1v) is 10.5. The lowest BCUT2D eigenvalue weighted by atomic mass is 9.99. The molecule has 0 amide bonds. The van der Waals surface area contributed by atoms with Crippen LogP contribution in [0.15, 0.2) is 0 Å². The molecular weight excluding hydrogens is 352 g/mol. The van der Waals surface area contributed by atoms with Gasteiger partial charge < -0.3 is 29.9 Å². The molecule has 0 radical (unpaired) electrons. The minimum atomic E-state index is -1.73. The van der Waals surface area contributed by atoms with Crippen LogP contribution in [-0.2, 0) is 14.3 Å². The number of ether oxygens (including phenoxy) is 2. The van der Waals surface area contributed by atoms with E-state index in [1.807, 2.05) is 0 Å². The lowest BCUT2D eigenvalue weighted by Crippen LogP contribution is -2.59. The van der Waals surface area contributed by atoms with Gasteiger partial charge in [0, 0.05) is 0 Å². The second-order valence-corrected chi connectivity index (χ2v) is 7.48. The Labute approximate surface area is 162 Å². The van der Waals surface area contributed by atoms with Gasteiger partial charge in [-0.25, -0.2) is 4.79 Å². The SMILES string of the molecule is CCCCCCCCCCCCCCOC(=O)[C@H]1OC(O)[C@H](O)[C@@H](O)[C@@H]1O. The van der Waals surface area contributed by atoms with Crippen molar-refractivity contribution in [3.63, 3.8) is 0 Å². The molecule has 0 spiro atoms. The van der Waals surface area contributed by atoms with Crippen LogP contribution in [0.2, 0.25) is 0 Å². The molecular formula is C20H38O7. The molecule has 4 N–H and O–H groups in total. The normalized spacial score (nSPS) is 28.3. The maximum absolute atomic E-state index is 11.9. The van der Waals surface area contributed by atoms with E-state index in [-0.39, 0.29) is 6.61 Å². The molecule has 1 heterocycles. The summed E-state index contributed by atoms with van der Waals surface area (Å²) in [7, 11) is 0. The predicted octanol–water partition coefficient (Wildman–Crippen LogP) is 2.03. The highest BCUT2D eigenvalue weighted by Gasteiger charge is 2.46. The number of carbonyl (C=O) groups is 1. The maximum atomic E-state index is 11.9. The third-order valence-corrected chi connectivity index (χ3v) is 5.06. The fraction of sp³-hybridized carbons (Fsp3) is 0.950. The molecule has 1 rings (SSSR count). The zero-order valence-electron chi connectivity index (χ0n) is 16.6. The van der Waals surface area contributed by atoms with Gasteiger partial charge in [0.15, 0.2) is 12.4 Å². The molecule has 0 aromatic carbocycles. The first kappa shape index (κ1) is 24.3. The largest absolute Gasteiger partial charge is 0.464 e. The van der Waals surface area contributed by atoms with Crippen LogP contribution in [0.25, 0.3) is 0 Å². The van der Waals surface area contributed by atoms with E-state index in [9.17, 15) is 25.2 Å². The number of rotatable bonds is 14. The van der Waals surface area contributed by atoms with E-state index in [2.05, 4.69) is 6.92 Å². The van der Waals surface area contributed by atoms with Crippen molar-refractivity contribution in [1.82, 2.24) is 0 Å². The molecule has 5 atom stereocenters. The zero-order chi connectivity index (χ0) is 20.1. The second kappa shape index (κ2) is 14.3. The fourth-order valence-electron chi connectivity index (χ4n) is 3.25. The summed E-state index contributed by atoms with van der Waals surface area (Å²) in [6, 6.07) is 0. The van der Waals surface area contributed by atoms with Gasteiger partial charge in [-0.2, -0.15) is 0 Å². The van der Waals surface area contributed by atoms with Gasteiger partial charge in [0.1, 0.15) is 18.3 Å². The topological polar surface area (TPSA) is 116 Å². The molecule has 7 nitrogen and oxygen atoms in total. The van der Waals surface area contributed by atoms with Crippen LogP contribution in [0.4, 0.5) is 0 Å². The molecule has 0 aliphatic carbocycles. The summed E-state index contributed by atoms with van der Waals surface area (Å²) in [5.41, 5.74) is 0. The molecule has 0 bridgehead atoms. The standard InChI is InChI=1S/C20H38O7/c1-2-3-4-5-6-7-8-9-10-11-12-13-14-26-20(25)18-16(22)15(21)17(23)19(24)27-18/h15-19,21-24H,2-14H2,1H3/t15-,16-,17+,18-,19?/m0/s1. The van der Waals surface area contributed by atoms with Crippen molar-refractivity contribution in [3.05, 3.63) is 0 Å². The Morgan fingerprint density at radius 3 is 1.74 bits per heavy atom. The summed E-state index contributed by atoms with van der Waals surface area (Å²) in [4.78, 5) is 11.9. The lowest BCUT2D eigenvalue weighted by molar-refractivity contribution is -0.281. The molecule has 1 unspecified atom stereocenters. The van der Waals surface area contributed by atoms with Crippen LogP contribution in [0, 0.1) is 0 Å². The van der Waals surface area contributed by atoms with E-state index in [0.29, 0.717) is 0 Å². The van der Waals surface area contributed by atoms with Crippen LogP contribution < -0.4 is 0 Å². The van der Waals surface area contributed by atoms with E-state index in [1.54, 1.807) is 0 Å². The van der Waals surface area contributed by atoms with Crippen molar-refractivity contribution in [2.45, 2.75) is 115 Å². The molecule has 1 fully saturated rings. The number of hydrogen-bond acceptors (Lipinski definition) is 7. The molecule has 0 aromatic heterocycles. The average molecular weight is 391 g/mol. The number of aliphatic hydroxyl groups is 4. The fourth-order valence-corrected chi connectivity index (χ4v) is 3.25. The highest BCUT2D eigenvalue weighted by molar-refractivity contribution is 5.75. The van der Waals surface area contributed by atoms with Gasteiger partial charge in [-0.1, -0.05) is 77.6 Å². The number of aliphatic hydroxyl groups excluding tert-OH is 4. The second-order valence-electron chi connectivity index (χ2n) is 7.48.